The van der Waals surface area contributed by atoms with Crippen LogP contribution < -0.4 is 15.4 Å². The number of ether oxygens (including phenoxy) is 1. The summed E-state index contributed by atoms with van der Waals surface area (Å²) in [6, 6.07) is 5.37. The summed E-state index contributed by atoms with van der Waals surface area (Å²) in [6.07, 6.45) is 4.74. The lowest BCUT2D eigenvalue weighted by atomic mass is 9.76. The van der Waals surface area contributed by atoms with Crippen molar-refractivity contribution in [1.29, 1.82) is 0 Å². The van der Waals surface area contributed by atoms with Crippen molar-refractivity contribution < 1.29 is 40.0 Å². The van der Waals surface area contributed by atoms with Gasteiger partial charge in [-0.05, 0) is 81.5 Å². The first-order chi connectivity index (χ1) is 26.1. The van der Waals surface area contributed by atoms with Crippen molar-refractivity contribution in [3.63, 3.8) is 0 Å². The number of Topliss-reactive ketones (excluding diaryl/α,β-unsaturated/α-hetero) is 1. The van der Waals surface area contributed by atoms with Gasteiger partial charge in [0.25, 0.3) is 0 Å². The number of imide groups is 1. The molecule has 1 aliphatic heterocycles. The molecule has 13 heteroatoms. The molecule has 12 nitrogen and oxygen atoms in total. The third-order valence-electron chi connectivity index (χ3n) is 11.1. The summed E-state index contributed by atoms with van der Waals surface area (Å²) in [5.41, 5.74) is -0.364. The number of carboxylic acids is 1. The lowest BCUT2D eigenvalue weighted by Gasteiger charge is -2.40. The number of carbonyl (C=O) groups excluding carboxylic acids is 5. The van der Waals surface area contributed by atoms with Gasteiger partial charge in [0.1, 0.15) is 17.6 Å². The molecule has 1 saturated carbocycles. The number of hydrogen-bond donors (Lipinski definition) is 3. The Morgan fingerprint density at radius 2 is 1.67 bits per heavy atom. The predicted octanol–water partition coefficient (Wildman–Crippen LogP) is 5.23. The monoisotopic (exact) mass is 786 g/mol. The molecule has 3 N–H and O–H groups in total. The van der Waals surface area contributed by atoms with Crippen molar-refractivity contribution in [1.82, 2.24) is 20.4 Å². The molecule has 2 aliphatic rings. The molecule has 306 valence electrons. The normalized spacial score (nSPS) is 21.5. The summed E-state index contributed by atoms with van der Waals surface area (Å²) in [6.45, 7) is 15.4. The number of likely N-dealkylation sites (tertiary alicyclic amines) is 1. The van der Waals surface area contributed by atoms with Crippen LogP contribution in [0.15, 0.2) is 35.9 Å². The molecule has 0 spiro atoms. The Balaban J connectivity index is 1.58. The van der Waals surface area contributed by atoms with E-state index in [-0.39, 0.29) is 66.1 Å². The van der Waals surface area contributed by atoms with E-state index in [1.807, 2.05) is 72.7 Å². The van der Waals surface area contributed by atoms with Gasteiger partial charge in [-0.3, -0.25) is 28.9 Å². The summed E-state index contributed by atoms with van der Waals surface area (Å²) >= 11 is 1.41. The molecule has 1 saturated heterocycles. The van der Waals surface area contributed by atoms with Crippen molar-refractivity contribution in [2.24, 2.45) is 23.2 Å². The van der Waals surface area contributed by atoms with E-state index in [1.54, 1.807) is 20.2 Å². The summed E-state index contributed by atoms with van der Waals surface area (Å²) < 4.78 is 13.3. The van der Waals surface area contributed by atoms with Crippen LogP contribution in [0.2, 0.25) is 0 Å². The van der Waals surface area contributed by atoms with Gasteiger partial charge < -0.3 is 25.4 Å². The Kier molecular flexibility index (Phi) is 15.6. The number of amides is 4. The van der Waals surface area contributed by atoms with E-state index < -0.39 is 40.2 Å². The zero-order valence-corrected chi connectivity index (χ0v) is 35.2. The van der Waals surface area contributed by atoms with E-state index in [9.17, 15) is 33.9 Å². The third kappa shape index (κ3) is 11.9. The topological polar surface area (TPSA) is 162 Å². The van der Waals surface area contributed by atoms with E-state index in [1.165, 1.54) is 28.5 Å². The van der Waals surface area contributed by atoms with Gasteiger partial charge >= 0.3 is 5.97 Å². The number of nitrogens with one attached hydrogen (secondary N) is 2. The van der Waals surface area contributed by atoms with Gasteiger partial charge in [-0.1, -0.05) is 66.7 Å². The Hall–Kier alpha value is -3.71. The molecule has 4 amide bonds. The second-order valence-electron chi connectivity index (χ2n) is 17.1. The van der Waals surface area contributed by atoms with Crippen LogP contribution in [0.5, 0.6) is 5.75 Å². The Bertz CT molecular complexity index is 1600. The first-order valence-corrected chi connectivity index (χ1v) is 20.4. The molecule has 2 fully saturated rings. The fraction of sp³-hybridized carbons (Fsp3) is 0.667. The highest BCUT2D eigenvalue weighted by atomic mass is 32.2. The second kappa shape index (κ2) is 19.4. The molecular weight excluding hydrogens is 721 g/mol. The number of carboxylic acid groups (broad SMARTS) is 1. The van der Waals surface area contributed by atoms with E-state index >= 15 is 0 Å². The van der Waals surface area contributed by atoms with Gasteiger partial charge in [-0.15, -0.1) is 11.8 Å². The quantitative estimate of drug-likeness (QED) is 0.102. The van der Waals surface area contributed by atoms with Crippen LogP contribution in [0.25, 0.3) is 0 Å². The predicted molar refractivity (Wildman–Crippen MR) is 216 cm³/mol. The molecule has 3 rings (SSSR count). The zero-order valence-electron chi connectivity index (χ0n) is 35.4. The van der Waals surface area contributed by atoms with Crippen molar-refractivity contribution in [2.75, 3.05) is 33.0 Å². The number of hydrogen-bond acceptors (Lipinski definition) is 9. The van der Waals surface area contributed by atoms with Crippen LogP contribution in [0.4, 0.5) is 0 Å². The van der Waals surface area contributed by atoms with Crippen molar-refractivity contribution in [2.45, 2.75) is 123 Å². The number of thioether (sulfide) groups is 1. The second-order valence-corrected chi connectivity index (χ2v) is 18.4. The van der Waals surface area contributed by atoms with Gasteiger partial charge in [-0.25, -0.2) is 4.79 Å². The summed E-state index contributed by atoms with van der Waals surface area (Å²) in [5, 5.41) is 15.2. The standard InChI is InChI=1S/C42H64N4O8S/c1-25(2)32(22-26(3)40(52)53)45(11)39(51)36(41(5,6)7)44-37(49)35(43-10)42(8,9)30-16-18-31(19-17-30)54-20-21-55-33-23-34(48)46(38(33)50)24-28-12-14-29(15-13-28)27(4)47/h16-19,22,25,28-29,32-33,35-36,43H,12-15,20-21,23-24H2,1-11H3,(H,44,49)(H,52,53)/b26-22+/t28?,29?,32-,33?,35-,36-/m1/s1/i4T. The molecule has 4 atom stereocenters. The van der Waals surface area contributed by atoms with Gasteiger partial charge in [0.15, 0.2) is 0 Å². The number of ketones is 1. The highest BCUT2D eigenvalue weighted by Gasteiger charge is 2.42. The van der Waals surface area contributed by atoms with Crippen molar-refractivity contribution in [3.05, 3.63) is 41.5 Å². The maximum absolute atomic E-state index is 14.0. The minimum Gasteiger partial charge on any atom is -0.493 e. The van der Waals surface area contributed by atoms with Crippen molar-refractivity contribution in [3.8, 4) is 5.75 Å². The van der Waals surface area contributed by atoms with Gasteiger partial charge in [-0.2, -0.15) is 0 Å². The highest BCUT2D eigenvalue weighted by molar-refractivity contribution is 8.00. The molecule has 1 aliphatic carbocycles. The Morgan fingerprint density at radius 3 is 2.20 bits per heavy atom. The lowest BCUT2D eigenvalue weighted by molar-refractivity contribution is -0.141. The first kappa shape index (κ1) is 44.0. The number of likely N-dealkylation sites (N-methyl/N-ethyl adjacent to an activating group) is 2. The van der Waals surface area contributed by atoms with E-state index in [0.29, 0.717) is 37.5 Å². The first-order valence-electron chi connectivity index (χ1n) is 20.0. The molecule has 1 aromatic rings. The van der Waals surface area contributed by atoms with Crippen LogP contribution >= 0.6 is 11.8 Å². The smallest absolute Gasteiger partial charge is 0.331 e. The number of aliphatic carboxylic acids is 1. The highest BCUT2D eigenvalue weighted by Crippen LogP contribution is 2.34. The zero-order chi connectivity index (χ0) is 42.1. The van der Waals surface area contributed by atoms with Gasteiger partial charge in [0.2, 0.25) is 23.6 Å². The molecule has 1 unspecified atom stereocenters. The molecular formula is C42H64N4O8S. The fourth-order valence-corrected chi connectivity index (χ4v) is 8.52. The molecule has 0 bridgehead atoms. The molecule has 55 heavy (non-hydrogen) atoms. The minimum absolute atomic E-state index is 0.0235. The van der Waals surface area contributed by atoms with Crippen molar-refractivity contribution >= 4 is 47.1 Å². The maximum Gasteiger partial charge on any atom is 0.331 e. The number of nitrogens with zero attached hydrogens (tertiary/aromatic N) is 2. The largest absolute Gasteiger partial charge is 0.493 e. The van der Waals surface area contributed by atoms with Gasteiger partial charge in [0, 0.05) is 44.0 Å². The fourth-order valence-electron chi connectivity index (χ4n) is 7.52. The van der Waals surface area contributed by atoms with Gasteiger partial charge in [0.05, 0.1) is 23.9 Å². The third-order valence-corrected chi connectivity index (χ3v) is 12.3. The average Bonchev–Trinajstić information content (AvgIpc) is 3.40. The van der Waals surface area contributed by atoms with E-state index in [4.69, 9.17) is 6.11 Å². The van der Waals surface area contributed by atoms with Crippen LogP contribution in [-0.4, -0.2) is 107 Å². The number of carbonyl (C=O) groups is 6. The van der Waals surface area contributed by atoms with Crippen LogP contribution in [0, 0.1) is 23.2 Å². The number of benzene rings is 1. The SMILES string of the molecule is [3H]CC(=O)C1CCC(CN2C(=O)CC(SCCOc3ccc(C(C)(C)[C@H](NC)C(=O)N[C@H](C(=O)N(C)[C@H](/C=C(\C)C(=O)O)C(C)C)C(C)(C)C)cc3)C2=O)CC1. The minimum atomic E-state index is -1.05. The van der Waals surface area contributed by atoms with Crippen LogP contribution in [-0.2, 0) is 34.2 Å². The average molecular weight is 787 g/mol. The van der Waals surface area contributed by atoms with Crippen LogP contribution in [0.3, 0.4) is 0 Å². The maximum atomic E-state index is 14.0. The Morgan fingerprint density at radius 1 is 1.05 bits per heavy atom. The van der Waals surface area contributed by atoms with E-state index in [0.717, 1.165) is 18.4 Å². The number of rotatable bonds is 18. The van der Waals surface area contributed by atoms with Crippen LogP contribution in [0.1, 0.15) is 101 Å². The Labute approximate surface area is 333 Å². The summed E-state index contributed by atoms with van der Waals surface area (Å²) in [7, 11) is 3.34. The van der Waals surface area contributed by atoms with E-state index in [2.05, 4.69) is 10.6 Å². The molecule has 1 heterocycles. The molecule has 1 aromatic carbocycles. The lowest BCUT2D eigenvalue weighted by Crippen LogP contribution is -2.61. The summed E-state index contributed by atoms with van der Waals surface area (Å²) in [4.78, 5) is 80.1. The summed E-state index contributed by atoms with van der Waals surface area (Å²) in [5.74, 6) is -0.868. The molecule has 0 aromatic heterocycles. The molecule has 0 radical (unpaired) electrons.